The van der Waals surface area contributed by atoms with Crippen LogP contribution in [0.1, 0.15) is 22.3 Å². The van der Waals surface area contributed by atoms with Crippen LogP contribution in [0.5, 0.6) is 0 Å². The number of rotatable bonds is 3. The van der Waals surface area contributed by atoms with Gasteiger partial charge in [0, 0.05) is 17.4 Å². The van der Waals surface area contributed by atoms with Crippen LogP contribution in [0.3, 0.4) is 0 Å². The molecule has 1 unspecified atom stereocenters. The highest BCUT2D eigenvalue weighted by molar-refractivity contribution is 9.10. The van der Waals surface area contributed by atoms with Crippen molar-refractivity contribution in [1.82, 2.24) is 0 Å². The molecule has 2 rings (SSSR count). The van der Waals surface area contributed by atoms with Gasteiger partial charge in [-0.2, -0.15) is 0 Å². The van der Waals surface area contributed by atoms with Crippen LogP contribution in [-0.4, -0.2) is 38.6 Å². The first-order chi connectivity index (χ1) is 10.4. The zero-order valence-electron chi connectivity index (χ0n) is 12.5. The molecule has 0 saturated carbocycles. The third-order valence-corrected chi connectivity index (χ3v) is 4.72. The molecule has 1 aromatic rings. The molecule has 0 spiro atoms. The van der Waals surface area contributed by atoms with Crippen LogP contribution in [0, 0.1) is 12.8 Å². The minimum Gasteiger partial charge on any atom is -0.469 e. The van der Waals surface area contributed by atoms with Gasteiger partial charge in [0.25, 0.3) is 0 Å². The summed E-state index contributed by atoms with van der Waals surface area (Å²) >= 11 is 3.42. The number of carbonyl (C=O) groups is 3. The zero-order chi connectivity index (χ0) is 16.4. The molecule has 0 N–H and O–H groups in total. The summed E-state index contributed by atoms with van der Waals surface area (Å²) in [6, 6.07) is 3.28. The number of carbonyl (C=O) groups excluding carboxylic acids is 3. The van der Waals surface area contributed by atoms with Gasteiger partial charge in [0.05, 0.1) is 31.4 Å². The van der Waals surface area contributed by atoms with Crippen molar-refractivity contribution in [2.75, 3.05) is 25.7 Å². The standard InChI is InChI=1S/C15H16BrNO5/c1-8-10(15(20)22-3)4-5-11(13(8)16)17-7-9(6-12(17)18)14(19)21-2/h4-5,9H,6-7H2,1-3H3. The minimum atomic E-state index is -0.468. The fourth-order valence-corrected chi connectivity index (χ4v) is 3.04. The fraction of sp³-hybridized carbons (Fsp3) is 0.400. The van der Waals surface area contributed by atoms with Gasteiger partial charge in [-0.25, -0.2) is 4.79 Å². The summed E-state index contributed by atoms with van der Waals surface area (Å²) in [6.45, 7) is 2.03. The first-order valence-corrected chi connectivity index (χ1v) is 7.45. The summed E-state index contributed by atoms with van der Waals surface area (Å²) in [5, 5.41) is 0. The predicted octanol–water partition coefficient (Wildman–Crippen LogP) is 2.07. The summed E-state index contributed by atoms with van der Waals surface area (Å²) < 4.78 is 10.0. The lowest BCUT2D eigenvalue weighted by atomic mass is 10.1. The topological polar surface area (TPSA) is 72.9 Å². The van der Waals surface area contributed by atoms with Gasteiger partial charge in [-0.1, -0.05) is 0 Å². The molecule has 118 valence electrons. The van der Waals surface area contributed by atoms with E-state index >= 15 is 0 Å². The van der Waals surface area contributed by atoms with Crippen molar-refractivity contribution in [3.05, 3.63) is 27.7 Å². The van der Waals surface area contributed by atoms with E-state index in [0.717, 1.165) is 0 Å². The molecule has 0 aliphatic carbocycles. The van der Waals surface area contributed by atoms with Crippen molar-refractivity contribution >= 4 is 39.5 Å². The summed E-state index contributed by atoms with van der Waals surface area (Å²) in [7, 11) is 2.62. The first kappa shape index (κ1) is 16.5. The van der Waals surface area contributed by atoms with Crippen LogP contribution in [0.2, 0.25) is 0 Å². The molecule has 1 fully saturated rings. The Hall–Kier alpha value is -1.89. The molecular formula is C15H16BrNO5. The molecule has 1 saturated heterocycles. The number of ether oxygens (including phenoxy) is 2. The highest BCUT2D eigenvalue weighted by atomic mass is 79.9. The zero-order valence-corrected chi connectivity index (χ0v) is 14.1. The Labute approximate surface area is 136 Å². The van der Waals surface area contributed by atoms with E-state index < -0.39 is 17.9 Å². The average Bonchev–Trinajstić information content (AvgIpc) is 2.90. The maximum absolute atomic E-state index is 12.1. The Balaban J connectivity index is 2.34. The lowest BCUT2D eigenvalue weighted by molar-refractivity contribution is -0.145. The molecule has 0 aromatic heterocycles. The molecule has 6 nitrogen and oxygen atoms in total. The summed E-state index contributed by atoms with van der Waals surface area (Å²) in [5.74, 6) is -1.45. The Morgan fingerprint density at radius 3 is 2.55 bits per heavy atom. The van der Waals surface area contributed by atoms with Gasteiger partial charge in [0.15, 0.2) is 0 Å². The molecule has 7 heteroatoms. The number of hydrogen-bond acceptors (Lipinski definition) is 5. The SMILES string of the molecule is COC(=O)c1ccc(N2CC(C(=O)OC)CC2=O)c(Br)c1C. The highest BCUT2D eigenvalue weighted by Gasteiger charge is 2.36. The second-order valence-corrected chi connectivity index (χ2v) is 5.78. The molecule has 1 aliphatic heterocycles. The molecular weight excluding hydrogens is 354 g/mol. The molecule has 1 heterocycles. The van der Waals surface area contributed by atoms with E-state index in [1.807, 2.05) is 0 Å². The van der Waals surface area contributed by atoms with Crippen LogP contribution < -0.4 is 4.90 Å². The average molecular weight is 370 g/mol. The van der Waals surface area contributed by atoms with Gasteiger partial charge < -0.3 is 14.4 Å². The van der Waals surface area contributed by atoms with E-state index in [9.17, 15) is 14.4 Å². The van der Waals surface area contributed by atoms with Gasteiger partial charge >= 0.3 is 11.9 Å². The Morgan fingerprint density at radius 1 is 1.27 bits per heavy atom. The molecule has 0 radical (unpaired) electrons. The van der Waals surface area contributed by atoms with Crippen molar-refractivity contribution in [1.29, 1.82) is 0 Å². The van der Waals surface area contributed by atoms with Crippen LogP contribution in [-0.2, 0) is 19.1 Å². The first-order valence-electron chi connectivity index (χ1n) is 6.66. The molecule has 1 atom stereocenters. The summed E-state index contributed by atoms with van der Waals surface area (Å²) in [6.07, 6.45) is 0.122. The van der Waals surface area contributed by atoms with E-state index in [1.54, 1.807) is 19.1 Å². The number of amides is 1. The summed E-state index contributed by atoms with van der Waals surface area (Å²) in [5.41, 5.74) is 1.73. The van der Waals surface area contributed by atoms with Gasteiger partial charge in [0.2, 0.25) is 5.91 Å². The third kappa shape index (κ3) is 2.85. The summed E-state index contributed by atoms with van der Waals surface area (Å²) in [4.78, 5) is 37.0. The fourth-order valence-electron chi connectivity index (χ4n) is 2.48. The van der Waals surface area contributed by atoms with Crippen molar-refractivity contribution in [2.24, 2.45) is 5.92 Å². The van der Waals surface area contributed by atoms with Crippen molar-refractivity contribution < 1.29 is 23.9 Å². The van der Waals surface area contributed by atoms with Gasteiger partial charge in [-0.3, -0.25) is 9.59 Å². The van der Waals surface area contributed by atoms with Crippen molar-refractivity contribution in [3.63, 3.8) is 0 Å². The van der Waals surface area contributed by atoms with Gasteiger partial charge in [-0.05, 0) is 40.5 Å². The number of nitrogens with zero attached hydrogens (tertiary/aromatic N) is 1. The highest BCUT2D eigenvalue weighted by Crippen LogP contribution is 2.35. The van der Waals surface area contributed by atoms with Crippen LogP contribution in [0.25, 0.3) is 0 Å². The normalized spacial score (nSPS) is 17.5. The number of esters is 2. The smallest absolute Gasteiger partial charge is 0.338 e. The second kappa shape index (κ2) is 6.48. The Bertz CT molecular complexity index is 643. The molecule has 1 aliphatic rings. The molecule has 0 bridgehead atoms. The van der Waals surface area contributed by atoms with Gasteiger partial charge in [-0.15, -0.1) is 0 Å². The lowest BCUT2D eigenvalue weighted by Gasteiger charge is -2.20. The largest absolute Gasteiger partial charge is 0.469 e. The van der Waals surface area contributed by atoms with Crippen molar-refractivity contribution in [3.8, 4) is 0 Å². The van der Waals surface area contributed by atoms with E-state index in [0.29, 0.717) is 21.3 Å². The number of methoxy groups -OCH3 is 2. The number of hydrogen-bond donors (Lipinski definition) is 0. The second-order valence-electron chi connectivity index (χ2n) is 4.99. The predicted molar refractivity (Wildman–Crippen MR) is 82.7 cm³/mol. The monoisotopic (exact) mass is 369 g/mol. The number of benzene rings is 1. The Kier molecular flexibility index (Phi) is 4.85. The number of anilines is 1. The molecule has 22 heavy (non-hydrogen) atoms. The van der Waals surface area contributed by atoms with Crippen molar-refractivity contribution in [2.45, 2.75) is 13.3 Å². The molecule has 1 amide bonds. The van der Waals surface area contributed by atoms with E-state index in [2.05, 4.69) is 15.9 Å². The van der Waals surface area contributed by atoms with Crippen LogP contribution in [0.4, 0.5) is 5.69 Å². The van der Waals surface area contributed by atoms with E-state index in [1.165, 1.54) is 19.1 Å². The van der Waals surface area contributed by atoms with Gasteiger partial charge in [0.1, 0.15) is 0 Å². The van der Waals surface area contributed by atoms with Crippen LogP contribution >= 0.6 is 15.9 Å². The Morgan fingerprint density at radius 2 is 1.95 bits per heavy atom. The quantitative estimate of drug-likeness (QED) is 0.762. The third-order valence-electron chi connectivity index (χ3n) is 3.72. The lowest BCUT2D eigenvalue weighted by Crippen LogP contribution is -2.26. The van der Waals surface area contributed by atoms with E-state index in [4.69, 9.17) is 9.47 Å². The van der Waals surface area contributed by atoms with Crippen LogP contribution in [0.15, 0.2) is 16.6 Å². The maximum Gasteiger partial charge on any atom is 0.338 e. The number of halogens is 1. The maximum atomic E-state index is 12.1. The molecule has 1 aromatic carbocycles. The minimum absolute atomic E-state index is 0.122. The van der Waals surface area contributed by atoms with E-state index in [-0.39, 0.29) is 18.9 Å².